The number of nitrogens with one attached hydrogen (secondary N) is 1. The first kappa shape index (κ1) is 21.9. The van der Waals surface area contributed by atoms with Gasteiger partial charge in [-0.3, -0.25) is 9.89 Å². The first-order valence-electron chi connectivity index (χ1n) is 10.6. The van der Waals surface area contributed by atoms with E-state index in [2.05, 4.69) is 28.4 Å². The van der Waals surface area contributed by atoms with Crippen LogP contribution in [0.2, 0.25) is 0 Å². The molecule has 6 heteroatoms. The number of morpholine rings is 1. The van der Waals surface area contributed by atoms with Gasteiger partial charge in [-0.15, -0.1) is 0 Å². The number of rotatable bonds is 9. The third kappa shape index (κ3) is 7.54. The highest BCUT2D eigenvalue weighted by Gasteiger charge is 2.09. The molecule has 0 bridgehead atoms. The Morgan fingerprint density at radius 3 is 2.73 bits per heavy atom. The number of nitrogens with zero attached hydrogens (tertiary/aromatic N) is 2. The summed E-state index contributed by atoms with van der Waals surface area (Å²) in [5.41, 5.74) is 8.66. The summed E-state index contributed by atoms with van der Waals surface area (Å²) in [6.45, 7) is 5.39. The Morgan fingerprint density at radius 1 is 1.17 bits per heavy atom. The minimum Gasteiger partial charge on any atom is -0.508 e. The van der Waals surface area contributed by atoms with E-state index in [1.54, 1.807) is 12.1 Å². The Morgan fingerprint density at radius 2 is 1.97 bits per heavy atom. The van der Waals surface area contributed by atoms with Crippen LogP contribution in [0.5, 0.6) is 5.75 Å². The maximum absolute atomic E-state index is 9.83. The van der Waals surface area contributed by atoms with Crippen molar-refractivity contribution >= 4 is 11.5 Å². The molecule has 0 spiro atoms. The number of amidine groups is 1. The zero-order valence-corrected chi connectivity index (χ0v) is 17.5. The topological polar surface area (TPSA) is 83.1 Å². The molecule has 1 saturated heterocycles. The predicted octanol–water partition coefficient (Wildman–Crippen LogP) is 3.18. The van der Waals surface area contributed by atoms with Crippen LogP contribution in [-0.2, 0) is 11.2 Å². The minimum absolute atomic E-state index is 0.239. The molecule has 2 aromatic carbocycles. The molecule has 0 aromatic heterocycles. The fraction of sp³-hybridized carbons (Fsp3) is 0.375. The molecule has 1 aliphatic heterocycles. The molecule has 0 amide bonds. The summed E-state index contributed by atoms with van der Waals surface area (Å²) in [7, 11) is 0. The third-order valence-corrected chi connectivity index (χ3v) is 5.04. The van der Waals surface area contributed by atoms with E-state index in [9.17, 15) is 5.11 Å². The Kier molecular flexibility index (Phi) is 8.75. The van der Waals surface area contributed by atoms with Crippen LogP contribution in [0, 0.1) is 0 Å². The molecule has 6 nitrogen and oxygen atoms in total. The van der Waals surface area contributed by atoms with E-state index in [4.69, 9.17) is 15.5 Å². The van der Waals surface area contributed by atoms with Crippen LogP contribution >= 0.6 is 0 Å². The fourth-order valence-corrected chi connectivity index (χ4v) is 3.34. The van der Waals surface area contributed by atoms with E-state index in [1.165, 1.54) is 5.56 Å². The monoisotopic (exact) mass is 408 g/mol. The number of allylic oxidation sites excluding steroid dienone is 1. The van der Waals surface area contributed by atoms with Gasteiger partial charge in [-0.2, -0.15) is 0 Å². The van der Waals surface area contributed by atoms with Gasteiger partial charge in [-0.05, 0) is 55.3 Å². The quantitative estimate of drug-likeness (QED) is 0.257. The average molecular weight is 409 g/mol. The molecule has 160 valence electrons. The Balaban J connectivity index is 1.51. The van der Waals surface area contributed by atoms with E-state index in [1.807, 2.05) is 30.5 Å². The number of aromatic hydroxyl groups is 1. The summed E-state index contributed by atoms with van der Waals surface area (Å²) in [6.07, 6.45) is 6.90. The normalized spacial score (nSPS) is 15.5. The number of phenolic OH excluding ortho intramolecular Hbond substituents is 1. The SMILES string of the molecule is Nc1ccc(CC/C=C\NC(=NCCCN2CCOCC2)c2cccc(O)c2)cc1. The average Bonchev–Trinajstić information content (AvgIpc) is 2.77. The van der Waals surface area contributed by atoms with E-state index >= 15 is 0 Å². The van der Waals surface area contributed by atoms with E-state index < -0.39 is 0 Å². The van der Waals surface area contributed by atoms with E-state index in [0.717, 1.165) is 75.7 Å². The summed E-state index contributed by atoms with van der Waals surface area (Å²) in [4.78, 5) is 7.17. The van der Waals surface area contributed by atoms with E-state index in [0.29, 0.717) is 0 Å². The van der Waals surface area contributed by atoms with Crippen molar-refractivity contribution < 1.29 is 9.84 Å². The summed E-state index contributed by atoms with van der Waals surface area (Å²) in [5.74, 6) is 1.01. The molecule has 0 aliphatic carbocycles. The second-order valence-electron chi connectivity index (χ2n) is 7.42. The van der Waals surface area contributed by atoms with Gasteiger partial charge in [0.25, 0.3) is 0 Å². The van der Waals surface area contributed by atoms with Crippen LogP contribution in [0.3, 0.4) is 0 Å². The highest BCUT2D eigenvalue weighted by atomic mass is 16.5. The van der Waals surface area contributed by atoms with Crippen LogP contribution < -0.4 is 11.1 Å². The lowest BCUT2D eigenvalue weighted by molar-refractivity contribution is 0.0377. The summed E-state index contributed by atoms with van der Waals surface area (Å²) in [5, 5.41) is 13.1. The van der Waals surface area contributed by atoms with Gasteiger partial charge in [0.05, 0.1) is 13.2 Å². The van der Waals surface area contributed by atoms with Gasteiger partial charge in [0, 0.05) is 37.4 Å². The number of aryl methyl sites for hydroxylation is 1. The van der Waals surface area contributed by atoms with Gasteiger partial charge >= 0.3 is 0 Å². The van der Waals surface area contributed by atoms with Gasteiger partial charge in [0.2, 0.25) is 0 Å². The Hall–Kier alpha value is -2.83. The lowest BCUT2D eigenvalue weighted by atomic mass is 10.1. The van der Waals surface area contributed by atoms with Crippen molar-refractivity contribution in [2.45, 2.75) is 19.3 Å². The molecule has 0 radical (unpaired) electrons. The number of ether oxygens (including phenoxy) is 1. The Labute approximate surface area is 179 Å². The molecule has 1 aliphatic rings. The highest BCUT2D eigenvalue weighted by Crippen LogP contribution is 2.12. The van der Waals surface area contributed by atoms with Crippen LogP contribution in [-0.4, -0.2) is 55.2 Å². The molecule has 1 heterocycles. The molecule has 2 aromatic rings. The summed E-state index contributed by atoms with van der Waals surface area (Å²) < 4.78 is 5.39. The van der Waals surface area contributed by atoms with Crippen LogP contribution in [0.4, 0.5) is 5.69 Å². The molecule has 30 heavy (non-hydrogen) atoms. The number of phenols is 1. The standard InChI is InChI=1S/C24H32N4O2/c25-22-10-8-20(9-11-22)5-1-2-12-26-24(21-6-3-7-23(29)19-21)27-13-4-14-28-15-17-30-18-16-28/h2-3,6-12,19,29H,1,4-5,13-18,25H2,(H,26,27)/b12-2-. The van der Waals surface area contributed by atoms with Gasteiger partial charge < -0.3 is 20.9 Å². The molecule has 0 saturated carbocycles. The molecule has 0 unspecified atom stereocenters. The molecule has 4 N–H and O–H groups in total. The number of nitrogens with two attached hydrogens (primary N) is 1. The summed E-state index contributed by atoms with van der Waals surface area (Å²) in [6, 6.07) is 15.2. The van der Waals surface area contributed by atoms with Crippen molar-refractivity contribution in [1.29, 1.82) is 0 Å². The number of anilines is 1. The molecule has 1 fully saturated rings. The van der Waals surface area contributed by atoms with Crippen LogP contribution in [0.1, 0.15) is 24.0 Å². The molecule has 0 atom stereocenters. The predicted molar refractivity (Wildman–Crippen MR) is 123 cm³/mol. The molecular weight excluding hydrogens is 376 g/mol. The van der Waals surface area contributed by atoms with Crippen LogP contribution in [0.15, 0.2) is 65.8 Å². The summed E-state index contributed by atoms with van der Waals surface area (Å²) >= 11 is 0. The number of nitrogen functional groups attached to an aromatic ring is 1. The number of benzene rings is 2. The molecule has 3 rings (SSSR count). The van der Waals surface area contributed by atoms with Crippen molar-refractivity contribution in [1.82, 2.24) is 10.2 Å². The highest BCUT2D eigenvalue weighted by molar-refractivity contribution is 5.99. The number of aliphatic imine (C=N–C) groups is 1. The smallest absolute Gasteiger partial charge is 0.132 e. The first-order valence-corrected chi connectivity index (χ1v) is 10.6. The number of hydrogen-bond donors (Lipinski definition) is 3. The Bertz CT molecular complexity index is 827. The van der Waals surface area contributed by atoms with Gasteiger partial charge in [-0.1, -0.05) is 30.3 Å². The minimum atomic E-state index is 0.239. The van der Waals surface area contributed by atoms with E-state index in [-0.39, 0.29) is 5.75 Å². The largest absolute Gasteiger partial charge is 0.508 e. The van der Waals surface area contributed by atoms with Gasteiger partial charge in [-0.25, -0.2) is 0 Å². The van der Waals surface area contributed by atoms with Crippen molar-refractivity contribution in [2.75, 3.05) is 45.1 Å². The van der Waals surface area contributed by atoms with Crippen molar-refractivity contribution in [3.05, 3.63) is 71.9 Å². The van der Waals surface area contributed by atoms with Crippen molar-refractivity contribution in [3.63, 3.8) is 0 Å². The van der Waals surface area contributed by atoms with Crippen molar-refractivity contribution in [3.8, 4) is 5.75 Å². The lowest BCUT2D eigenvalue weighted by Gasteiger charge is -2.26. The zero-order valence-electron chi connectivity index (χ0n) is 17.5. The maximum Gasteiger partial charge on any atom is 0.132 e. The first-order chi connectivity index (χ1) is 14.7. The third-order valence-electron chi connectivity index (χ3n) is 5.04. The van der Waals surface area contributed by atoms with Gasteiger partial charge in [0.1, 0.15) is 11.6 Å². The number of hydrogen-bond acceptors (Lipinski definition) is 5. The second-order valence-corrected chi connectivity index (χ2v) is 7.42. The maximum atomic E-state index is 9.83. The lowest BCUT2D eigenvalue weighted by Crippen LogP contribution is -2.37. The zero-order chi connectivity index (χ0) is 21.0. The second kappa shape index (κ2) is 12.0. The van der Waals surface area contributed by atoms with Crippen LogP contribution in [0.25, 0.3) is 0 Å². The molecular formula is C24H32N4O2. The van der Waals surface area contributed by atoms with Gasteiger partial charge in [0.15, 0.2) is 0 Å². The fourth-order valence-electron chi connectivity index (χ4n) is 3.34. The van der Waals surface area contributed by atoms with Crippen molar-refractivity contribution in [2.24, 2.45) is 4.99 Å².